The Hall–Kier alpha value is -2.28. The first-order valence-corrected chi connectivity index (χ1v) is 10.3. The molecule has 0 saturated heterocycles. The van der Waals surface area contributed by atoms with Crippen LogP contribution in [-0.4, -0.2) is 42.9 Å². The third-order valence-corrected chi connectivity index (χ3v) is 5.18. The monoisotopic (exact) mass is 424 g/mol. The van der Waals surface area contributed by atoms with Crippen molar-refractivity contribution in [3.63, 3.8) is 0 Å². The first-order valence-electron chi connectivity index (χ1n) is 10.3. The summed E-state index contributed by atoms with van der Waals surface area (Å²) in [5.41, 5.74) is 0.947. The van der Waals surface area contributed by atoms with Crippen molar-refractivity contribution in [2.45, 2.75) is 59.8 Å². The second kappa shape index (κ2) is 11.2. The largest absolute Gasteiger partial charge is 0.388 e. The Morgan fingerprint density at radius 3 is 2.37 bits per heavy atom. The molecule has 168 valence electrons. The number of imide groups is 1. The summed E-state index contributed by atoms with van der Waals surface area (Å²) in [6.45, 7) is 12.7. The third kappa shape index (κ3) is 6.11. The van der Waals surface area contributed by atoms with E-state index in [0.717, 1.165) is 18.2 Å². The molecule has 0 saturated carbocycles. The van der Waals surface area contributed by atoms with Crippen LogP contribution in [-0.2, 0) is 14.3 Å². The van der Waals surface area contributed by atoms with Gasteiger partial charge in [0.15, 0.2) is 0 Å². The van der Waals surface area contributed by atoms with Gasteiger partial charge in [0.2, 0.25) is 0 Å². The van der Waals surface area contributed by atoms with E-state index in [1.54, 1.807) is 6.92 Å². The molecule has 0 spiro atoms. The van der Waals surface area contributed by atoms with E-state index in [0.29, 0.717) is 42.9 Å². The topological polar surface area (TPSA) is 58.6 Å². The van der Waals surface area contributed by atoms with Gasteiger partial charge in [0.05, 0.1) is 6.61 Å². The van der Waals surface area contributed by atoms with Crippen LogP contribution in [0.25, 0.3) is 0 Å². The van der Waals surface area contributed by atoms with Crippen molar-refractivity contribution in [1.82, 2.24) is 10.2 Å². The van der Waals surface area contributed by atoms with E-state index in [-0.39, 0.29) is 17.2 Å². The van der Waals surface area contributed by atoms with Crippen molar-refractivity contribution >= 4 is 11.8 Å². The number of carbonyl (C=O) groups is 2. The molecule has 5 nitrogen and oxygen atoms in total. The average molecular weight is 425 g/mol. The van der Waals surface area contributed by atoms with Crippen LogP contribution in [0.4, 0.5) is 8.78 Å². The molecule has 1 unspecified atom stereocenters. The van der Waals surface area contributed by atoms with E-state index in [2.05, 4.69) is 11.9 Å². The third-order valence-electron chi connectivity index (χ3n) is 5.18. The SMILES string of the molecule is C=C(NC)/C(=C\C=C(/C(C)CC)N1C(=O)C(C)=C(CCOCCC)C1=O)C(C)(F)F. The zero-order chi connectivity index (χ0) is 23.1. The van der Waals surface area contributed by atoms with E-state index in [9.17, 15) is 18.4 Å². The molecule has 1 aliphatic heterocycles. The lowest BCUT2D eigenvalue weighted by molar-refractivity contribution is -0.135. The van der Waals surface area contributed by atoms with Crippen LogP contribution < -0.4 is 5.32 Å². The number of alkyl halides is 2. The molecule has 0 aromatic heterocycles. The van der Waals surface area contributed by atoms with Gasteiger partial charge in [-0.3, -0.25) is 9.59 Å². The lowest BCUT2D eigenvalue weighted by Gasteiger charge is -2.24. The molecular weight excluding hydrogens is 390 g/mol. The van der Waals surface area contributed by atoms with Gasteiger partial charge in [-0.2, -0.15) is 0 Å². The molecule has 0 aliphatic carbocycles. The number of halogens is 2. The van der Waals surface area contributed by atoms with Crippen molar-refractivity contribution in [1.29, 1.82) is 0 Å². The summed E-state index contributed by atoms with van der Waals surface area (Å²) in [5.74, 6) is -4.14. The maximum absolute atomic E-state index is 14.0. The molecule has 0 aromatic rings. The van der Waals surface area contributed by atoms with Gasteiger partial charge in [-0.15, -0.1) is 0 Å². The van der Waals surface area contributed by atoms with Gasteiger partial charge in [-0.25, -0.2) is 13.7 Å². The van der Waals surface area contributed by atoms with Crippen LogP contribution in [0.1, 0.15) is 53.9 Å². The quantitative estimate of drug-likeness (QED) is 0.279. The summed E-state index contributed by atoms with van der Waals surface area (Å²) in [5, 5.41) is 2.63. The van der Waals surface area contributed by atoms with Gasteiger partial charge < -0.3 is 10.1 Å². The molecule has 1 rings (SSSR count). The van der Waals surface area contributed by atoms with Crippen molar-refractivity contribution in [3.8, 4) is 0 Å². The molecule has 2 amide bonds. The molecule has 30 heavy (non-hydrogen) atoms. The number of allylic oxidation sites excluding steroid dienone is 4. The van der Waals surface area contributed by atoms with Gasteiger partial charge in [-0.05, 0) is 37.8 Å². The molecule has 1 aliphatic rings. The highest BCUT2D eigenvalue weighted by Gasteiger charge is 2.38. The predicted octanol–water partition coefficient (Wildman–Crippen LogP) is 4.73. The van der Waals surface area contributed by atoms with Crippen LogP contribution in [0.2, 0.25) is 0 Å². The number of hydrogen-bond donors (Lipinski definition) is 1. The predicted molar refractivity (Wildman–Crippen MR) is 115 cm³/mol. The van der Waals surface area contributed by atoms with Crippen LogP contribution in [0.5, 0.6) is 0 Å². The molecule has 0 bridgehead atoms. The molecule has 1 N–H and O–H groups in total. The number of amides is 2. The minimum Gasteiger partial charge on any atom is -0.388 e. The Labute approximate surface area is 178 Å². The lowest BCUT2D eigenvalue weighted by Crippen LogP contribution is -2.33. The summed E-state index contributed by atoms with van der Waals surface area (Å²) in [7, 11) is 1.51. The molecule has 0 aromatic carbocycles. The van der Waals surface area contributed by atoms with E-state index >= 15 is 0 Å². The van der Waals surface area contributed by atoms with Gasteiger partial charge in [-0.1, -0.05) is 27.4 Å². The van der Waals surface area contributed by atoms with Crippen LogP contribution in [0.15, 0.2) is 46.8 Å². The normalized spacial score (nSPS) is 17.1. The number of likely N-dealkylation sites (N-methyl/N-ethyl adjacent to an activating group) is 1. The Bertz CT molecular complexity index is 761. The molecule has 0 fully saturated rings. The standard InChI is InChI=1S/C23H34F2N2O3/c1-8-13-30-14-12-18-16(4)21(28)27(22(18)29)20(15(3)9-2)11-10-19(17(5)26-7)23(6,24)25/h10-11,15,26H,5,8-9,12-14H2,1-4,6-7H3/b19-10+,20-11+. The molecule has 0 radical (unpaired) electrons. The Morgan fingerprint density at radius 1 is 1.23 bits per heavy atom. The van der Waals surface area contributed by atoms with Crippen molar-refractivity contribution in [2.24, 2.45) is 5.92 Å². The molecule has 7 heteroatoms. The number of rotatable bonds is 12. The van der Waals surface area contributed by atoms with E-state index in [1.807, 2.05) is 20.8 Å². The second-order valence-electron chi connectivity index (χ2n) is 7.51. The van der Waals surface area contributed by atoms with Crippen molar-refractivity contribution in [2.75, 3.05) is 20.3 Å². The van der Waals surface area contributed by atoms with E-state index in [1.165, 1.54) is 19.2 Å². The second-order valence-corrected chi connectivity index (χ2v) is 7.51. The zero-order valence-electron chi connectivity index (χ0n) is 18.9. The maximum Gasteiger partial charge on any atom is 0.272 e. The smallest absolute Gasteiger partial charge is 0.272 e. The highest BCUT2D eigenvalue weighted by Crippen LogP contribution is 2.32. The van der Waals surface area contributed by atoms with Crippen LogP contribution in [0, 0.1) is 5.92 Å². The van der Waals surface area contributed by atoms with Gasteiger partial charge in [0, 0.05) is 55.1 Å². The minimum absolute atomic E-state index is 0.0735. The highest BCUT2D eigenvalue weighted by atomic mass is 19.3. The Morgan fingerprint density at radius 2 is 1.87 bits per heavy atom. The van der Waals surface area contributed by atoms with Gasteiger partial charge in [0.1, 0.15) is 0 Å². The first-order chi connectivity index (χ1) is 14.0. The minimum atomic E-state index is -3.13. The lowest BCUT2D eigenvalue weighted by atomic mass is 10.0. The number of carbonyl (C=O) groups excluding carboxylic acids is 2. The summed E-state index contributed by atoms with van der Waals surface area (Å²) in [4.78, 5) is 27.0. The Kier molecular flexibility index (Phi) is 9.62. The summed E-state index contributed by atoms with van der Waals surface area (Å²) in [6.07, 6.45) is 4.51. The number of nitrogens with zero attached hydrogens (tertiary/aromatic N) is 1. The fourth-order valence-electron chi connectivity index (χ4n) is 3.12. The molecular formula is C23H34F2N2O3. The first kappa shape index (κ1) is 25.8. The highest BCUT2D eigenvalue weighted by molar-refractivity contribution is 6.20. The van der Waals surface area contributed by atoms with E-state index in [4.69, 9.17) is 4.74 Å². The van der Waals surface area contributed by atoms with Crippen LogP contribution in [0.3, 0.4) is 0 Å². The number of ether oxygens (including phenoxy) is 1. The summed E-state index contributed by atoms with van der Waals surface area (Å²) in [6, 6.07) is 0. The van der Waals surface area contributed by atoms with Crippen LogP contribution >= 0.6 is 0 Å². The number of hydrogen-bond acceptors (Lipinski definition) is 4. The average Bonchev–Trinajstić information content (AvgIpc) is 2.89. The zero-order valence-corrected chi connectivity index (χ0v) is 18.9. The number of nitrogens with one attached hydrogen (secondary N) is 1. The Balaban J connectivity index is 3.31. The fourth-order valence-corrected chi connectivity index (χ4v) is 3.12. The van der Waals surface area contributed by atoms with Crippen molar-refractivity contribution < 1.29 is 23.1 Å². The molecule has 1 heterocycles. The summed E-state index contributed by atoms with van der Waals surface area (Å²) < 4.78 is 33.5. The van der Waals surface area contributed by atoms with Gasteiger partial charge >= 0.3 is 0 Å². The van der Waals surface area contributed by atoms with E-state index < -0.39 is 17.7 Å². The van der Waals surface area contributed by atoms with Gasteiger partial charge in [0.25, 0.3) is 17.7 Å². The maximum atomic E-state index is 14.0. The van der Waals surface area contributed by atoms with Crippen molar-refractivity contribution in [3.05, 3.63) is 46.8 Å². The fraction of sp³-hybridized carbons (Fsp3) is 0.565. The molecule has 1 atom stereocenters. The summed E-state index contributed by atoms with van der Waals surface area (Å²) >= 11 is 0.